The lowest BCUT2D eigenvalue weighted by molar-refractivity contribution is -0.126. The van der Waals surface area contributed by atoms with Gasteiger partial charge in [0, 0.05) is 81.2 Å². The molecule has 7 heterocycles. The number of ether oxygens (including phenoxy) is 2. The van der Waals surface area contributed by atoms with Crippen molar-refractivity contribution in [1.82, 2.24) is 29.7 Å². The standard InChI is InChI=1S/C30H34N8O3/c1-2-3-26(39)37-10-5-21(6-11-37)38-17-20(18-38)23-16-24-28(27(34-23)30-32-8-9-33-30)41-19-22-25(4-7-31-29(22)35-24)36-12-14-40-15-13-36/h4,7-9,16,20-21H,5-6,10-15,17-19H2,1H3,(H,31,35)(H,32,33). The minimum absolute atomic E-state index is 0.0603. The highest BCUT2D eigenvalue weighted by atomic mass is 16.5. The molecule has 11 heteroatoms. The molecule has 0 saturated carbocycles. The molecule has 4 aliphatic rings. The minimum atomic E-state index is -0.0603. The number of anilines is 3. The van der Waals surface area contributed by atoms with Crippen LogP contribution < -0.4 is 15.0 Å². The van der Waals surface area contributed by atoms with E-state index in [4.69, 9.17) is 19.4 Å². The topological polar surface area (TPSA) is 112 Å². The first kappa shape index (κ1) is 25.8. The van der Waals surface area contributed by atoms with Crippen LogP contribution in [0.5, 0.6) is 5.75 Å². The van der Waals surface area contributed by atoms with Crippen LogP contribution in [0.15, 0.2) is 30.7 Å². The number of nitrogens with one attached hydrogen (secondary N) is 2. The Kier molecular flexibility index (Phi) is 6.94. The van der Waals surface area contributed by atoms with Crippen LogP contribution in [-0.2, 0) is 16.1 Å². The average molecular weight is 555 g/mol. The molecule has 3 fully saturated rings. The molecule has 2 N–H and O–H groups in total. The van der Waals surface area contributed by atoms with E-state index in [1.807, 2.05) is 11.1 Å². The molecule has 4 aliphatic heterocycles. The van der Waals surface area contributed by atoms with Crippen LogP contribution in [0.25, 0.3) is 11.5 Å². The van der Waals surface area contributed by atoms with E-state index in [0.29, 0.717) is 49.0 Å². The Labute approximate surface area is 239 Å². The number of hydrogen-bond donors (Lipinski definition) is 2. The molecule has 0 spiro atoms. The molecule has 7 rings (SSSR count). The number of nitrogens with zero attached hydrogens (tertiary/aromatic N) is 6. The Balaban J connectivity index is 1.12. The second-order valence-corrected chi connectivity index (χ2v) is 10.9. The molecule has 41 heavy (non-hydrogen) atoms. The molecule has 0 unspecified atom stereocenters. The number of aromatic nitrogens is 4. The highest BCUT2D eigenvalue weighted by molar-refractivity contribution is 5.93. The molecule has 0 atom stereocenters. The van der Waals surface area contributed by atoms with E-state index in [1.54, 1.807) is 19.3 Å². The van der Waals surface area contributed by atoms with Gasteiger partial charge in [-0.2, -0.15) is 0 Å². The zero-order chi connectivity index (χ0) is 27.8. The van der Waals surface area contributed by atoms with Gasteiger partial charge >= 0.3 is 0 Å². The number of amides is 1. The van der Waals surface area contributed by atoms with Crippen molar-refractivity contribution in [1.29, 1.82) is 0 Å². The highest BCUT2D eigenvalue weighted by Crippen LogP contribution is 2.43. The lowest BCUT2D eigenvalue weighted by Gasteiger charge is -2.47. The Morgan fingerprint density at radius 1 is 1.10 bits per heavy atom. The number of rotatable bonds is 4. The van der Waals surface area contributed by atoms with Crippen molar-refractivity contribution in [3.8, 4) is 29.1 Å². The third kappa shape index (κ3) is 4.98. The number of hydrogen-bond acceptors (Lipinski definition) is 9. The smallest absolute Gasteiger partial charge is 0.298 e. The largest absolute Gasteiger partial charge is 0.484 e. The molecule has 11 nitrogen and oxygen atoms in total. The van der Waals surface area contributed by atoms with Crippen LogP contribution in [0.1, 0.15) is 36.9 Å². The van der Waals surface area contributed by atoms with E-state index in [-0.39, 0.29) is 5.91 Å². The fourth-order valence-electron chi connectivity index (χ4n) is 6.28. The quantitative estimate of drug-likeness (QED) is 0.470. The molecule has 0 aromatic carbocycles. The van der Waals surface area contributed by atoms with Crippen LogP contribution in [0.2, 0.25) is 0 Å². The number of likely N-dealkylation sites (tertiary alicyclic amines) is 2. The minimum Gasteiger partial charge on any atom is -0.484 e. The first-order chi connectivity index (χ1) is 20.2. The van der Waals surface area contributed by atoms with E-state index in [2.05, 4.69) is 49.1 Å². The summed E-state index contributed by atoms with van der Waals surface area (Å²) in [5.41, 5.74) is 4.73. The molecule has 1 amide bonds. The SMILES string of the molecule is CC#CC(=O)N1CCC(N2CC(c3cc4c(c(-c5ncc[nH]5)n3)OCc3c(N5CCOCC5)ccnc3N4)C2)CC1. The number of aromatic amines is 1. The van der Waals surface area contributed by atoms with Gasteiger partial charge in [-0.1, -0.05) is 5.92 Å². The Morgan fingerprint density at radius 3 is 2.68 bits per heavy atom. The number of H-pyrrole nitrogens is 1. The zero-order valence-corrected chi connectivity index (χ0v) is 23.2. The molecule has 3 saturated heterocycles. The van der Waals surface area contributed by atoms with Gasteiger partial charge in [0.25, 0.3) is 5.91 Å². The number of piperidine rings is 1. The van der Waals surface area contributed by atoms with Crippen LogP contribution >= 0.6 is 0 Å². The van der Waals surface area contributed by atoms with E-state index < -0.39 is 0 Å². The molecule has 0 aliphatic carbocycles. The van der Waals surface area contributed by atoms with Gasteiger partial charge in [0.1, 0.15) is 18.1 Å². The normalized spacial score (nSPS) is 19.5. The summed E-state index contributed by atoms with van der Waals surface area (Å²) in [5, 5.41) is 3.59. The van der Waals surface area contributed by atoms with Gasteiger partial charge < -0.3 is 29.6 Å². The van der Waals surface area contributed by atoms with Crippen LogP contribution in [0, 0.1) is 11.8 Å². The Bertz CT molecular complexity index is 1480. The Morgan fingerprint density at radius 2 is 1.93 bits per heavy atom. The molecule has 0 bridgehead atoms. The van der Waals surface area contributed by atoms with Gasteiger partial charge in [0.15, 0.2) is 11.6 Å². The van der Waals surface area contributed by atoms with E-state index in [1.165, 1.54) is 0 Å². The first-order valence-corrected chi connectivity index (χ1v) is 14.4. The summed E-state index contributed by atoms with van der Waals surface area (Å²) < 4.78 is 12.0. The summed E-state index contributed by atoms with van der Waals surface area (Å²) in [6.07, 6.45) is 7.35. The van der Waals surface area contributed by atoms with Gasteiger partial charge in [-0.3, -0.25) is 9.69 Å². The van der Waals surface area contributed by atoms with E-state index in [9.17, 15) is 4.79 Å². The monoisotopic (exact) mass is 554 g/mol. The molecular weight excluding hydrogens is 520 g/mol. The van der Waals surface area contributed by atoms with Crippen molar-refractivity contribution in [3.05, 3.63) is 42.0 Å². The summed E-state index contributed by atoms with van der Waals surface area (Å²) in [6.45, 7) is 8.60. The van der Waals surface area contributed by atoms with Crippen molar-refractivity contribution in [2.24, 2.45) is 0 Å². The fourth-order valence-corrected chi connectivity index (χ4v) is 6.28. The second-order valence-electron chi connectivity index (χ2n) is 10.9. The summed E-state index contributed by atoms with van der Waals surface area (Å²) in [4.78, 5) is 36.4. The molecular formula is C30H34N8O3. The van der Waals surface area contributed by atoms with Crippen molar-refractivity contribution in [2.45, 2.75) is 38.3 Å². The lowest BCUT2D eigenvalue weighted by Crippen LogP contribution is -2.54. The van der Waals surface area contributed by atoms with Gasteiger partial charge in [-0.25, -0.2) is 15.0 Å². The van der Waals surface area contributed by atoms with Gasteiger partial charge in [0.2, 0.25) is 0 Å². The summed E-state index contributed by atoms with van der Waals surface area (Å²) >= 11 is 0. The number of morpholine rings is 1. The maximum atomic E-state index is 12.1. The van der Waals surface area contributed by atoms with Gasteiger partial charge in [-0.15, -0.1) is 0 Å². The number of imidazole rings is 1. The summed E-state index contributed by atoms with van der Waals surface area (Å²) in [6, 6.07) is 4.65. The second kappa shape index (κ2) is 11.0. The van der Waals surface area contributed by atoms with Crippen molar-refractivity contribution in [2.75, 3.05) is 62.7 Å². The molecule has 3 aromatic rings. The zero-order valence-electron chi connectivity index (χ0n) is 23.2. The van der Waals surface area contributed by atoms with Crippen LogP contribution in [0.3, 0.4) is 0 Å². The van der Waals surface area contributed by atoms with E-state index >= 15 is 0 Å². The maximum Gasteiger partial charge on any atom is 0.298 e. The van der Waals surface area contributed by atoms with Gasteiger partial charge in [0.05, 0.1) is 24.5 Å². The number of carbonyl (C=O) groups excluding carboxylic acids is 1. The maximum absolute atomic E-state index is 12.1. The predicted octanol–water partition coefficient (Wildman–Crippen LogP) is 2.75. The number of fused-ring (bicyclic) bond motifs is 2. The van der Waals surface area contributed by atoms with Crippen molar-refractivity contribution >= 4 is 23.1 Å². The third-order valence-electron chi connectivity index (χ3n) is 8.54. The van der Waals surface area contributed by atoms with E-state index in [0.717, 1.165) is 80.6 Å². The Hall–Kier alpha value is -4.14. The number of pyridine rings is 2. The summed E-state index contributed by atoms with van der Waals surface area (Å²) in [5.74, 6) is 7.79. The highest BCUT2D eigenvalue weighted by Gasteiger charge is 2.37. The predicted molar refractivity (Wildman–Crippen MR) is 154 cm³/mol. The first-order valence-electron chi connectivity index (χ1n) is 14.4. The fraction of sp³-hybridized carbons (Fsp3) is 0.467. The third-order valence-corrected chi connectivity index (χ3v) is 8.54. The van der Waals surface area contributed by atoms with Crippen molar-refractivity contribution < 1.29 is 14.3 Å². The molecule has 3 aromatic heterocycles. The van der Waals surface area contributed by atoms with Crippen molar-refractivity contribution in [3.63, 3.8) is 0 Å². The lowest BCUT2D eigenvalue weighted by atomic mass is 9.90. The van der Waals surface area contributed by atoms with Gasteiger partial charge in [-0.05, 0) is 37.8 Å². The summed E-state index contributed by atoms with van der Waals surface area (Å²) in [7, 11) is 0. The molecule has 0 radical (unpaired) electrons. The number of carbonyl (C=O) groups is 1. The van der Waals surface area contributed by atoms with Crippen LogP contribution in [0.4, 0.5) is 17.2 Å². The molecule has 212 valence electrons. The van der Waals surface area contributed by atoms with Crippen LogP contribution in [-0.4, -0.2) is 94.2 Å². The average Bonchev–Trinajstić information content (AvgIpc) is 3.45.